The predicted molar refractivity (Wildman–Crippen MR) is 77.3 cm³/mol. The Morgan fingerprint density at radius 1 is 1.42 bits per heavy atom. The Bertz CT molecular complexity index is 577. The molecule has 2 N–H and O–H groups in total. The third-order valence-electron chi connectivity index (χ3n) is 3.46. The molecule has 2 aromatic rings. The number of nitrogens with zero attached hydrogens (tertiary/aromatic N) is 2. The molecule has 0 unspecified atom stereocenters. The summed E-state index contributed by atoms with van der Waals surface area (Å²) in [6, 6.07) is 5.64. The molecule has 3 rings (SSSR count). The lowest BCUT2D eigenvalue weighted by atomic mass is 10.3. The molecule has 1 aromatic heterocycles. The number of nitrogen functional groups attached to an aromatic ring is 1. The van der Waals surface area contributed by atoms with Gasteiger partial charge in [-0.3, -0.25) is 0 Å². The number of benzene rings is 1. The first-order valence-corrected chi connectivity index (χ1v) is 7.11. The third kappa shape index (κ3) is 3.01. The molecule has 4 nitrogen and oxygen atoms in total. The van der Waals surface area contributed by atoms with Crippen molar-refractivity contribution in [2.45, 2.75) is 25.8 Å². The quantitative estimate of drug-likeness (QED) is 0.827. The molecule has 5 heteroatoms. The standard InChI is InChI=1S/C14H18ClN3O/c15-11-4-5-12-13(8-11)18(14(16)17-12)6-1-7-19-9-10-2-3-10/h4-5,8,10H,1-3,6-7,9H2,(H2,16,17). The molecular weight excluding hydrogens is 262 g/mol. The first-order valence-electron chi connectivity index (χ1n) is 6.73. The summed E-state index contributed by atoms with van der Waals surface area (Å²) >= 11 is 6.02. The SMILES string of the molecule is Nc1nc2ccc(Cl)cc2n1CCCOCC1CC1. The van der Waals surface area contributed by atoms with E-state index >= 15 is 0 Å². The first kappa shape index (κ1) is 12.8. The highest BCUT2D eigenvalue weighted by atomic mass is 35.5. The van der Waals surface area contributed by atoms with Gasteiger partial charge in [0, 0.05) is 24.8 Å². The molecular formula is C14H18ClN3O. The van der Waals surface area contributed by atoms with E-state index in [1.54, 1.807) is 0 Å². The van der Waals surface area contributed by atoms with E-state index in [4.69, 9.17) is 22.1 Å². The summed E-state index contributed by atoms with van der Waals surface area (Å²) in [6.45, 7) is 2.50. The number of hydrogen-bond acceptors (Lipinski definition) is 3. The van der Waals surface area contributed by atoms with Gasteiger partial charge in [-0.25, -0.2) is 4.98 Å². The van der Waals surface area contributed by atoms with Gasteiger partial charge in [0.05, 0.1) is 11.0 Å². The van der Waals surface area contributed by atoms with Crippen LogP contribution < -0.4 is 5.73 Å². The Kier molecular flexibility index (Phi) is 3.62. The molecule has 1 aliphatic carbocycles. The smallest absolute Gasteiger partial charge is 0.201 e. The van der Waals surface area contributed by atoms with Crippen LogP contribution in [0.3, 0.4) is 0 Å². The lowest BCUT2D eigenvalue weighted by Crippen LogP contribution is -2.07. The van der Waals surface area contributed by atoms with Gasteiger partial charge in [0.2, 0.25) is 5.95 Å². The molecule has 1 saturated carbocycles. The number of hydrogen-bond donors (Lipinski definition) is 1. The van der Waals surface area contributed by atoms with E-state index in [1.807, 2.05) is 22.8 Å². The highest BCUT2D eigenvalue weighted by Crippen LogP contribution is 2.28. The number of ether oxygens (including phenoxy) is 1. The van der Waals surface area contributed by atoms with Crippen LogP contribution in [0.5, 0.6) is 0 Å². The average molecular weight is 280 g/mol. The van der Waals surface area contributed by atoms with Crippen LogP contribution in [0.4, 0.5) is 5.95 Å². The minimum atomic E-state index is 0.541. The number of imidazole rings is 1. The van der Waals surface area contributed by atoms with Crippen LogP contribution in [0.25, 0.3) is 11.0 Å². The number of nitrogens with two attached hydrogens (primary N) is 1. The molecule has 0 saturated heterocycles. The van der Waals surface area contributed by atoms with Crippen molar-refractivity contribution in [2.75, 3.05) is 18.9 Å². The number of halogens is 1. The van der Waals surface area contributed by atoms with Crippen molar-refractivity contribution >= 4 is 28.6 Å². The second kappa shape index (κ2) is 5.39. The second-order valence-electron chi connectivity index (χ2n) is 5.13. The fraction of sp³-hybridized carbons (Fsp3) is 0.500. The maximum Gasteiger partial charge on any atom is 0.201 e. The van der Waals surface area contributed by atoms with Crippen molar-refractivity contribution in [1.82, 2.24) is 9.55 Å². The van der Waals surface area contributed by atoms with Crippen molar-refractivity contribution in [1.29, 1.82) is 0 Å². The summed E-state index contributed by atoms with van der Waals surface area (Å²) in [4.78, 5) is 4.33. The molecule has 1 aliphatic rings. The summed E-state index contributed by atoms with van der Waals surface area (Å²) in [5.74, 6) is 1.36. The fourth-order valence-corrected chi connectivity index (χ4v) is 2.38. The Morgan fingerprint density at radius 2 is 2.26 bits per heavy atom. The Labute approximate surface area is 117 Å². The van der Waals surface area contributed by atoms with Crippen molar-refractivity contribution < 1.29 is 4.74 Å². The van der Waals surface area contributed by atoms with Gasteiger partial charge in [-0.2, -0.15) is 0 Å². The third-order valence-corrected chi connectivity index (χ3v) is 3.70. The van der Waals surface area contributed by atoms with E-state index in [0.717, 1.165) is 43.1 Å². The highest BCUT2D eigenvalue weighted by molar-refractivity contribution is 6.31. The van der Waals surface area contributed by atoms with E-state index in [9.17, 15) is 0 Å². The van der Waals surface area contributed by atoms with Crippen LogP contribution in [0.1, 0.15) is 19.3 Å². The van der Waals surface area contributed by atoms with Crippen LogP contribution in [-0.2, 0) is 11.3 Å². The van der Waals surface area contributed by atoms with E-state index < -0.39 is 0 Å². The Balaban J connectivity index is 1.62. The van der Waals surface area contributed by atoms with Crippen molar-refractivity contribution in [3.63, 3.8) is 0 Å². The maximum absolute atomic E-state index is 6.02. The number of fused-ring (bicyclic) bond motifs is 1. The molecule has 102 valence electrons. The highest BCUT2D eigenvalue weighted by Gasteiger charge is 2.20. The predicted octanol–water partition coefficient (Wildman–Crippen LogP) is 3.09. The average Bonchev–Trinajstić information content (AvgIpc) is 3.15. The number of aryl methyl sites for hydroxylation is 1. The van der Waals surface area contributed by atoms with Crippen molar-refractivity contribution in [3.8, 4) is 0 Å². The van der Waals surface area contributed by atoms with Gasteiger partial charge in [-0.15, -0.1) is 0 Å². The zero-order valence-electron chi connectivity index (χ0n) is 10.8. The summed E-state index contributed by atoms with van der Waals surface area (Å²) in [5, 5.41) is 0.707. The zero-order valence-corrected chi connectivity index (χ0v) is 11.6. The topological polar surface area (TPSA) is 53.1 Å². The van der Waals surface area contributed by atoms with Crippen LogP contribution >= 0.6 is 11.6 Å². The largest absolute Gasteiger partial charge is 0.381 e. The molecule has 0 radical (unpaired) electrons. The van der Waals surface area contributed by atoms with Crippen molar-refractivity contribution in [2.24, 2.45) is 5.92 Å². The van der Waals surface area contributed by atoms with Gasteiger partial charge in [0.25, 0.3) is 0 Å². The molecule has 0 spiro atoms. The molecule has 0 bridgehead atoms. The summed E-state index contributed by atoms with van der Waals surface area (Å²) in [7, 11) is 0. The minimum absolute atomic E-state index is 0.541. The number of anilines is 1. The first-order chi connectivity index (χ1) is 9.24. The van der Waals surface area contributed by atoms with Gasteiger partial charge >= 0.3 is 0 Å². The van der Waals surface area contributed by atoms with Gasteiger partial charge in [-0.05, 0) is 43.4 Å². The molecule has 0 amide bonds. The molecule has 1 fully saturated rings. The Morgan fingerprint density at radius 3 is 3.05 bits per heavy atom. The minimum Gasteiger partial charge on any atom is -0.381 e. The van der Waals surface area contributed by atoms with Crippen LogP contribution in [0.2, 0.25) is 5.02 Å². The molecule has 19 heavy (non-hydrogen) atoms. The number of rotatable bonds is 6. The maximum atomic E-state index is 6.02. The number of aromatic nitrogens is 2. The van der Waals surface area contributed by atoms with Crippen LogP contribution in [-0.4, -0.2) is 22.8 Å². The second-order valence-corrected chi connectivity index (χ2v) is 5.56. The van der Waals surface area contributed by atoms with E-state index in [1.165, 1.54) is 12.8 Å². The van der Waals surface area contributed by atoms with Gasteiger partial charge in [-0.1, -0.05) is 11.6 Å². The molecule has 1 heterocycles. The Hall–Kier alpha value is -1.26. The lowest BCUT2D eigenvalue weighted by molar-refractivity contribution is 0.119. The van der Waals surface area contributed by atoms with Crippen LogP contribution in [0.15, 0.2) is 18.2 Å². The molecule has 1 aromatic carbocycles. The van der Waals surface area contributed by atoms with E-state index in [2.05, 4.69) is 4.98 Å². The van der Waals surface area contributed by atoms with Gasteiger partial charge < -0.3 is 15.0 Å². The van der Waals surface area contributed by atoms with E-state index in [0.29, 0.717) is 11.0 Å². The molecule has 0 atom stereocenters. The van der Waals surface area contributed by atoms with Gasteiger partial charge in [0.15, 0.2) is 0 Å². The van der Waals surface area contributed by atoms with Gasteiger partial charge in [0.1, 0.15) is 0 Å². The summed E-state index contributed by atoms with van der Waals surface area (Å²) in [6.07, 6.45) is 3.60. The summed E-state index contributed by atoms with van der Waals surface area (Å²) < 4.78 is 7.63. The van der Waals surface area contributed by atoms with E-state index in [-0.39, 0.29) is 0 Å². The summed E-state index contributed by atoms with van der Waals surface area (Å²) in [5.41, 5.74) is 7.83. The van der Waals surface area contributed by atoms with Crippen molar-refractivity contribution in [3.05, 3.63) is 23.2 Å². The van der Waals surface area contributed by atoms with Crippen LogP contribution in [0, 0.1) is 5.92 Å². The zero-order chi connectivity index (χ0) is 13.2. The monoisotopic (exact) mass is 279 g/mol. The normalized spacial score (nSPS) is 15.2. The molecule has 0 aliphatic heterocycles. The lowest BCUT2D eigenvalue weighted by Gasteiger charge is -2.07. The fourth-order valence-electron chi connectivity index (χ4n) is 2.21.